The minimum absolute atomic E-state index is 0.270. The lowest BCUT2D eigenvalue weighted by molar-refractivity contribution is -0.143. The number of rotatable bonds is 5. The molecule has 0 aliphatic carbocycles. The van der Waals surface area contributed by atoms with E-state index in [0.29, 0.717) is 12.1 Å². The number of hydrogen-bond acceptors (Lipinski definition) is 5. The predicted molar refractivity (Wildman–Crippen MR) is 112 cm³/mol. The Bertz CT molecular complexity index is 1070. The van der Waals surface area contributed by atoms with Crippen molar-refractivity contribution in [3.63, 3.8) is 0 Å². The number of thiazole rings is 1. The molecule has 2 aromatic heterocycles. The van der Waals surface area contributed by atoms with Crippen molar-refractivity contribution in [1.82, 2.24) is 19.7 Å². The standard InChI is InChI=1S/C21H22F3N5OS/c1-14-7-3-4-8-17(14)29-18(21(22,23)24)16(11-25-29)19(30)27-20-26-15(13-31-20)12-28-9-5-2-6-10-28/h3-4,7-8,11,13H,2,5-6,9-10,12H2,1H3,(H,26,27,30). The molecule has 164 valence electrons. The Morgan fingerprint density at radius 3 is 2.65 bits per heavy atom. The summed E-state index contributed by atoms with van der Waals surface area (Å²) < 4.78 is 42.4. The van der Waals surface area contributed by atoms with E-state index in [-0.39, 0.29) is 10.8 Å². The van der Waals surface area contributed by atoms with Crippen LogP contribution in [0.2, 0.25) is 0 Å². The van der Waals surface area contributed by atoms with Crippen molar-refractivity contribution < 1.29 is 18.0 Å². The smallest absolute Gasteiger partial charge is 0.298 e. The molecule has 4 rings (SSSR count). The SMILES string of the molecule is Cc1ccccc1-n1ncc(C(=O)Nc2nc(CN3CCCCC3)cs2)c1C(F)(F)F. The molecule has 0 atom stereocenters. The molecule has 10 heteroatoms. The predicted octanol–water partition coefficient (Wildman–Crippen LogP) is 4.89. The Morgan fingerprint density at radius 1 is 1.19 bits per heavy atom. The van der Waals surface area contributed by atoms with Gasteiger partial charge in [-0.3, -0.25) is 15.0 Å². The van der Waals surface area contributed by atoms with Crippen LogP contribution in [0.15, 0.2) is 35.8 Å². The van der Waals surface area contributed by atoms with Gasteiger partial charge in [-0.05, 0) is 44.5 Å². The third-order valence-electron chi connectivity index (χ3n) is 5.23. The molecule has 31 heavy (non-hydrogen) atoms. The average Bonchev–Trinajstić information content (AvgIpc) is 3.36. The monoisotopic (exact) mass is 449 g/mol. The number of benzene rings is 1. The van der Waals surface area contributed by atoms with E-state index in [1.807, 2.05) is 5.38 Å². The highest BCUT2D eigenvalue weighted by molar-refractivity contribution is 7.14. The number of aryl methyl sites for hydroxylation is 1. The van der Waals surface area contributed by atoms with Gasteiger partial charge in [-0.25, -0.2) is 9.67 Å². The largest absolute Gasteiger partial charge is 0.434 e. The summed E-state index contributed by atoms with van der Waals surface area (Å²) in [7, 11) is 0. The second-order valence-corrected chi connectivity index (χ2v) is 8.40. The van der Waals surface area contributed by atoms with E-state index >= 15 is 0 Å². The van der Waals surface area contributed by atoms with Gasteiger partial charge in [-0.1, -0.05) is 24.6 Å². The molecule has 1 aliphatic rings. The Morgan fingerprint density at radius 2 is 1.94 bits per heavy atom. The van der Waals surface area contributed by atoms with Gasteiger partial charge < -0.3 is 0 Å². The van der Waals surface area contributed by atoms with Gasteiger partial charge in [0.05, 0.1) is 23.1 Å². The fraction of sp³-hybridized carbons (Fsp3) is 0.381. The number of amides is 1. The first kappa shape index (κ1) is 21.5. The first-order valence-corrected chi connectivity index (χ1v) is 10.9. The van der Waals surface area contributed by atoms with E-state index in [4.69, 9.17) is 0 Å². The van der Waals surface area contributed by atoms with Crippen molar-refractivity contribution in [3.8, 4) is 5.69 Å². The maximum absolute atomic E-state index is 13.9. The maximum Gasteiger partial charge on any atom is 0.434 e. The lowest BCUT2D eigenvalue weighted by atomic mass is 10.1. The zero-order valence-corrected chi connectivity index (χ0v) is 17.8. The molecule has 1 N–H and O–H groups in total. The highest BCUT2D eigenvalue weighted by Gasteiger charge is 2.41. The summed E-state index contributed by atoms with van der Waals surface area (Å²) in [6.45, 7) is 4.38. The van der Waals surface area contributed by atoms with Gasteiger partial charge in [0.25, 0.3) is 5.91 Å². The highest BCUT2D eigenvalue weighted by Crippen LogP contribution is 2.34. The van der Waals surface area contributed by atoms with Crippen LogP contribution in [0.3, 0.4) is 0 Å². The van der Waals surface area contributed by atoms with Gasteiger partial charge in [-0.2, -0.15) is 18.3 Å². The molecular weight excluding hydrogens is 427 g/mol. The minimum Gasteiger partial charge on any atom is -0.298 e. The quantitative estimate of drug-likeness (QED) is 0.602. The summed E-state index contributed by atoms with van der Waals surface area (Å²) in [5, 5.41) is 8.47. The van der Waals surface area contributed by atoms with Crippen LogP contribution in [0.5, 0.6) is 0 Å². The molecule has 1 amide bonds. The van der Waals surface area contributed by atoms with Crippen LogP contribution >= 0.6 is 11.3 Å². The normalized spacial score (nSPS) is 15.2. The molecule has 1 fully saturated rings. The molecule has 1 aliphatic heterocycles. The molecule has 6 nitrogen and oxygen atoms in total. The number of alkyl halides is 3. The molecule has 0 bridgehead atoms. The Balaban J connectivity index is 1.56. The second kappa shape index (κ2) is 8.80. The number of anilines is 1. The van der Waals surface area contributed by atoms with Crippen molar-refractivity contribution in [2.75, 3.05) is 18.4 Å². The van der Waals surface area contributed by atoms with Crippen molar-refractivity contribution >= 4 is 22.4 Å². The van der Waals surface area contributed by atoms with Crippen molar-refractivity contribution in [2.24, 2.45) is 0 Å². The number of aromatic nitrogens is 3. The number of likely N-dealkylation sites (tertiary alicyclic amines) is 1. The van der Waals surface area contributed by atoms with E-state index in [9.17, 15) is 18.0 Å². The van der Waals surface area contributed by atoms with Crippen LogP contribution in [0, 0.1) is 6.92 Å². The summed E-state index contributed by atoms with van der Waals surface area (Å²) in [5.41, 5.74) is 0.0408. The summed E-state index contributed by atoms with van der Waals surface area (Å²) in [4.78, 5) is 19.4. The highest BCUT2D eigenvalue weighted by atomic mass is 32.1. The van der Waals surface area contributed by atoms with Crippen LogP contribution < -0.4 is 5.32 Å². The molecule has 0 unspecified atom stereocenters. The van der Waals surface area contributed by atoms with Crippen LogP contribution in [0.1, 0.15) is 46.6 Å². The average molecular weight is 450 g/mol. The van der Waals surface area contributed by atoms with Gasteiger partial charge >= 0.3 is 6.18 Å². The van der Waals surface area contributed by atoms with Gasteiger partial charge in [0.1, 0.15) is 0 Å². The van der Waals surface area contributed by atoms with Gasteiger partial charge in [0, 0.05) is 11.9 Å². The minimum atomic E-state index is -4.76. The molecule has 0 radical (unpaired) electrons. The zero-order valence-electron chi connectivity index (χ0n) is 16.9. The van der Waals surface area contributed by atoms with Gasteiger partial charge in [-0.15, -0.1) is 11.3 Å². The summed E-state index contributed by atoms with van der Waals surface area (Å²) in [6.07, 6.45) is -0.273. The fourth-order valence-electron chi connectivity index (χ4n) is 3.72. The number of para-hydroxylation sites is 1. The van der Waals surface area contributed by atoms with Crippen molar-refractivity contribution in [2.45, 2.75) is 38.9 Å². The number of piperidine rings is 1. The van der Waals surface area contributed by atoms with Crippen LogP contribution in [-0.2, 0) is 12.7 Å². The number of nitrogens with zero attached hydrogens (tertiary/aromatic N) is 4. The topological polar surface area (TPSA) is 63.1 Å². The van der Waals surface area contributed by atoms with E-state index in [1.165, 1.54) is 23.8 Å². The number of hydrogen-bond donors (Lipinski definition) is 1. The lowest BCUT2D eigenvalue weighted by Crippen LogP contribution is -2.29. The second-order valence-electron chi connectivity index (χ2n) is 7.54. The molecule has 3 aromatic rings. The zero-order chi connectivity index (χ0) is 22.0. The van der Waals surface area contributed by atoms with E-state index in [0.717, 1.165) is 42.5 Å². The maximum atomic E-state index is 13.9. The van der Waals surface area contributed by atoms with Crippen LogP contribution in [-0.4, -0.2) is 38.7 Å². The lowest BCUT2D eigenvalue weighted by Gasteiger charge is -2.25. The molecular formula is C21H22F3N5OS. The third-order valence-corrected chi connectivity index (χ3v) is 6.04. The van der Waals surface area contributed by atoms with E-state index < -0.39 is 23.3 Å². The van der Waals surface area contributed by atoms with Gasteiger partial charge in [0.2, 0.25) is 0 Å². The van der Waals surface area contributed by atoms with Crippen molar-refractivity contribution in [1.29, 1.82) is 0 Å². The first-order valence-electron chi connectivity index (χ1n) is 10.0. The van der Waals surface area contributed by atoms with Crippen molar-refractivity contribution in [3.05, 3.63) is 58.4 Å². The Hall–Kier alpha value is -2.72. The molecule has 3 heterocycles. The Labute approximate surface area is 181 Å². The van der Waals surface area contributed by atoms with E-state index in [1.54, 1.807) is 25.1 Å². The molecule has 0 spiro atoms. The van der Waals surface area contributed by atoms with Crippen LogP contribution in [0.4, 0.5) is 18.3 Å². The molecule has 1 saturated heterocycles. The Kier molecular flexibility index (Phi) is 6.10. The fourth-order valence-corrected chi connectivity index (χ4v) is 4.42. The van der Waals surface area contributed by atoms with Crippen LogP contribution in [0.25, 0.3) is 5.69 Å². The molecule has 0 saturated carbocycles. The van der Waals surface area contributed by atoms with E-state index in [2.05, 4.69) is 20.3 Å². The number of carbonyl (C=O) groups excluding carboxylic acids is 1. The number of carbonyl (C=O) groups is 1. The summed E-state index contributed by atoms with van der Waals surface area (Å²) in [5.74, 6) is -0.883. The third kappa shape index (κ3) is 4.80. The number of halogens is 3. The first-order chi connectivity index (χ1) is 14.8. The molecule has 1 aromatic carbocycles. The number of nitrogens with one attached hydrogen (secondary N) is 1. The summed E-state index contributed by atoms with van der Waals surface area (Å²) >= 11 is 1.20. The van der Waals surface area contributed by atoms with Gasteiger partial charge in [0.15, 0.2) is 10.8 Å². The summed E-state index contributed by atoms with van der Waals surface area (Å²) in [6, 6.07) is 6.58.